The van der Waals surface area contributed by atoms with Crippen molar-refractivity contribution in [2.45, 2.75) is 64.3 Å². The monoisotopic (exact) mass is 264 g/mol. The predicted octanol–water partition coefficient (Wildman–Crippen LogP) is 3.37. The minimum absolute atomic E-state index is 0.888. The highest BCUT2D eigenvalue weighted by Crippen LogP contribution is 2.30. The highest BCUT2D eigenvalue weighted by molar-refractivity contribution is 4.84. The number of nitrogens with zero attached hydrogens (tertiary/aromatic N) is 2. The summed E-state index contributed by atoms with van der Waals surface area (Å²) in [4.78, 5) is 5.60. The quantitative estimate of drug-likeness (QED) is 0.754. The van der Waals surface area contributed by atoms with E-state index in [-0.39, 0.29) is 0 Å². The molecule has 0 amide bonds. The summed E-state index contributed by atoms with van der Waals surface area (Å²) in [5, 5.41) is 0. The van der Waals surface area contributed by atoms with Crippen LogP contribution in [-0.4, -0.2) is 48.6 Å². The zero-order valence-corrected chi connectivity index (χ0v) is 12.8. The Labute approximate surface area is 119 Å². The Hall–Kier alpha value is -0.0800. The van der Waals surface area contributed by atoms with E-state index < -0.39 is 0 Å². The van der Waals surface area contributed by atoms with E-state index in [9.17, 15) is 0 Å². The molecule has 1 atom stereocenters. The van der Waals surface area contributed by atoms with Gasteiger partial charge in [0, 0.05) is 19.1 Å². The summed E-state index contributed by atoms with van der Waals surface area (Å²) in [5.41, 5.74) is 0. The fourth-order valence-corrected chi connectivity index (χ4v) is 4.49. The van der Waals surface area contributed by atoms with Crippen LogP contribution in [0.25, 0.3) is 0 Å². The molecule has 3 rings (SSSR count). The van der Waals surface area contributed by atoms with Crippen LogP contribution in [0.4, 0.5) is 0 Å². The Morgan fingerprint density at radius 1 is 0.842 bits per heavy atom. The van der Waals surface area contributed by atoms with Gasteiger partial charge in [0.15, 0.2) is 0 Å². The minimum Gasteiger partial charge on any atom is -0.301 e. The molecule has 3 fully saturated rings. The van der Waals surface area contributed by atoms with E-state index in [0.717, 1.165) is 17.9 Å². The summed E-state index contributed by atoms with van der Waals surface area (Å²) in [6.45, 7) is 9.30. The Balaban J connectivity index is 1.50. The number of piperidine rings is 1. The van der Waals surface area contributed by atoms with Gasteiger partial charge in [-0.25, -0.2) is 0 Å². The molecule has 2 nitrogen and oxygen atoms in total. The van der Waals surface area contributed by atoms with E-state index in [0.29, 0.717) is 0 Å². The molecule has 0 N–H and O–H groups in total. The molecule has 0 aromatic rings. The lowest BCUT2D eigenvalue weighted by atomic mass is 9.83. The minimum atomic E-state index is 0.888. The first-order valence-corrected chi connectivity index (χ1v) is 8.77. The van der Waals surface area contributed by atoms with Crippen LogP contribution in [0.3, 0.4) is 0 Å². The molecule has 1 saturated carbocycles. The summed E-state index contributed by atoms with van der Waals surface area (Å²) in [6.07, 6.45) is 11.7. The van der Waals surface area contributed by atoms with Crippen molar-refractivity contribution in [3.63, 3.8) is 0 Å². The molecule has 2 saturated heterocycles. The van der Waals surface area contributed by atoms with E-state index >= 15 is 0 Å². The normalized spacial score (nSPS) is 38.7. The Bertz CT molecular complexity index is 270. The fourth-order valence-electron chi connectivity index (χ4n) is 4.49. The van der Waals surface area contributed by atoms with Crippen LogP contribution in [0.2, 0.25) is 0 Å². The third-order valence-corrected chi connectivity index (χ3v) is 5.79. The van der Waals surface area contributed by atoms with E-state index in [4.69, 9.17) is 0 Å². The first kappa shape index (κ1) is 13.9. The van der Waals surface area contributed by atoms with Gasteiger partial charge >= 0.3 is 0 Å². The summed E-state index contributed by atoms with van der Waals surface area (Å²) < 4.78 is 0. The van der Waals surface area contributed by atoms with Gasteiger partial charge in [0.25, 0.3) is 0 Å². The molecule has 2 heterocycles. The zero-order chi connectivity index (χ0) is 13.1. The van der Waals surface area contributed by atoms with Gasteiger partial charge in [-0.2, -0.15) is 0 Å². The molecule has 110 valence electrons. The molecule has 2 aliphatic heterocycles. The topological polar surface area (TPSA) is 6.48 Å². The Morgan fingerprint density at radius 3 is 2.47 bits per heavy atom. The highest BCUT2D eigenvalue weighted by atomic mass is 15.2. The lowest BCUT2D eigenvalue weighted by molar-refractivity contribution is 0.123. The molecule has 1 unspecified atom stereocenters. The Kier molecular flexibility index (Phi) is 4.81. The van der Waals surface area contributed by atoms with Crippen LogP contribution in [0.1, 0.15) is 58.3 Å². The molecule has 2 heteroatoms. The SMILES string of the molecule is CC1CCC(CN2CCCN3CCCCC3C2)CC1. The number of hydrogen-bond acceptors (Lipinski definition) is 2. The number of hydrogen-bond donors (Lipinski definition) is 0. The van der Waals surface area contributed by atoms with Crippen LogP contribution in [0.15, 0.2) is 0 Å². The molecule has 19 heavy (non-hydrogen) atoms. The molecule has 0 bridgehead atoms. The maximum atomic E-state index is 2.82. The molecule has 0 spiro atoms. The summed E-state index contributed by atoms with van der Waals surface area (Å²) in [5.74, 6) is 2.00. The molecule has 0 radical (unpaired) electrons. The van der Waals surface area contributed by atoms with Crippen molar-refractivity contribution in [1.82, 2.24) is 9.80 Å². The summed E-state index contributed by atoms with van der Waals surface area (Å²) in [7, 11) is 0. The smallest absolute Gasteiger partial charge is 0.0223 e. The molecule has 0 aromatic heterocycles. The third kappa shape index (κ3) is 3.72. The van der Waals surface area contributed by atoms with Crippen LogP contribution in [0, 0.1) is 11.8 Å². The second-order valence-corrected chi connectivity index (χ2v) is 7.42. The molecule has 0 aromatic carbocycles. The number of rotatable bonds is 2. The number of fused-ring (bicyclic) bond motifs is 1. The van der Waals surface area contributed by atoms with E-state index in [2.05, 4.69) is 16.7 Å². The van der Waals surface area contributed by atoms with E-state index in [1.165, 1.54) is 84.1 Å². The lowest BCUT2D eigenvalue weighted by Crippen LogP contribution is -2.44. The van der Waals surface area contributed by atoms with Crippen LogP contribution >= 0.6 is 0 Å². The van der Waals surface area contributed by atoms with Gasteiger partial charge in [-0.15, -0.1) is 0 Å². The molecular weight excluding hydrogens is 232 g/mol. The first-order valence-electron chi connectivity index (χ1n) is 8.77. The van der Waals surface area contributed by atoms with Crippen molar-refractivity contribution in [1.29, 1.82) is 0 Å². The third-order valence-electron chi connectivity index (χ3n) is 5.79. The van der Waals surface area contributed by atoms with Crippen molar-refractivity contribution in [2.24, 2.45) is 11.8 Å². The van der Waals surface area contributed by atoms with E-state index in [1.807, 2.05) is 0 Å². The van der Waals surface area contributed by atoms with Gasteiger partial charge < -0.3 is 4.90 Å². The Morgan fingerprint density at radius 2 is 1.63 bits per heavy atom. The summed E-state index contributed by atoms with van der Waals surface area (Å²) >= 11 is 0. The van der Waals surface area contributed by atoms with Crippen molar-refractivity contribution in [3.05, 3.63) is 0 Å². The summed E-state index contributed by atoms with van der Waals surface area (Å²) in [6, 6.07) is 0.888. The van der Waals surface area contributed by atoms with Crippen LogP contribution < -0.4 is 0 Å². The van der Waals surface area contributed by atoms with Gasteiger partial charge in [-0.3, -0.25) is 4.90 Å². The average molecular weight is 264 g/mol. The maximum Gasteiger partial charge on any atom is 0.0223 e. The maximum absolute atomic E-state index is 2.82. The second-order valence-electron chi connectivity index (χ2n) is 7.42. The average Bonchev–Trinajstić information content (AvgIpc) is 2.63. The highest BCUT2D eigenvalue weighted by Gasteiger charge is 2.28. The predicted molar refractivity (Wildman–Crippen MR) is 81.4 cm³/mol. The van der Waals surface area contributed by atoms with Crippen molar-refractivity contribution in [2.75, 3.05) is 32.7 Å². The van der Waals surface area contributed by atoms with Gasteiger partial charge in [0.2, 0.25) is 0 Å². The van der Waals surface area contributed by atoms with Gasteiger partial charge in [-0.05, 0) is 63.6 Å². The van der Waals surface area contributed by atoms with Crippen molar-refractivity contribution >= 4 is 0 Å². The van der Waals surface area contributed by atoms with Gasteiger partial charge in [0.1, 0.15) is 0 Å². The second kappa shape index (κ2) is 6.58. The van der Waals surface area contributed by atoms with Crippen molar-refractivity contribution in [3.8, 4) is 0 Å². The molecule has 1 aliphatic carbocycles. The van der Waals surface area contributed by atoms with E-state index in [1.54, 1.807) is 0 Å². The standard InChI is InChI=1S/C17H32N2/c1-15-6-8-16(9-7-15)13-18-10-4-12-19-11-3-2-5-17(19)14-18/h15-17H,2-14H2,1H3. The van der Waals surface area contributed by atoms with Crippen molar-refractivity contribution < 1.29 is 0 Å². The van der Waals surface area contributed by atoms with Gasteiger partial charge in [0.05, 0.1) is 0 Å². The first-order chi connectivity index (χ1) is 9.31. The lowest BCUT2D eigenvalue weighted by Gasteiger charge is -2.37. The largest absolute Gasteiger partial charge is 0.301 e. The molecule has 3 aliphatic rings. The fraction of sp³-hybridized carbons (Fsp3) is 1.00. The van der Waals surface area contributed by atoms with Crippen LogP contribution in [-0.2, 0) is 0 Å². The van der Waals surface area contributed by atoms with Crippen LogP contribution in [0.5, 0.6) is 0 Å². The molecular formula is C17H32N2. The van der Waals surface area contributed by atoms with Gasteiger partial charge in [-0.1, -0.05) is 26.2 Å². The zero-order valence-electron chi connectivity index (χ0n) is 12.8.